The maximum atomic E-state index is 12.9. The van der Waals surface area contributed by atoms with Crippen molar-refractivity contribution >= 4 is 11.4 Å². The Morgan fingerprint density at radius 1 is 1.19 bits per heavy atom. The van der Waals surface area contributed by atoms with E-state index in [9.17, 15) is 28.4 Å². The Hall–Kier alpha value is -3.56. The van der Waals surface area contributed by atoms with E-state index in [1.54, 1.807) is 7.05 Å². The standard InChI is InChI=1S/C17H13F3N4O3/c1-21-13-4-3-10(24(26)27)7-12(13)16-22-8-14(23-16)11-6-9(17(18,19)20)2-5-15(11)25/h2-8,21,25H,1H3,(H,22,23). The molecule has 140 valence electrons. The summed E-state index contributed by atoms with van der Waals surface area (Å²) in [5.74, 6) is -0.163. The number of halogens is 3. The van der Waals surface area contributed by atoms with Gasteiger partial charge in [-0.05, 0) is 24.3 Å². The topological polar surface area (TPSA) is 104 Å². The summed E-state index contributed by atoms with van der Waals surface area (Å²) >= 11 is 0. The van der Waals surface area contributed by atoms with Gasteiger partial charge in [0.1, 0.15) is 11.6 Å². The first kappa shape index (κ1) is 18.2. The number of aromatic nitrogens is 2. The minimum atomic E-state index is -4.57. The number of benzene rings is 2. The fourth-order valence-electron chi connectivity index (χ4n) is 2.57. The summed E-state index contributed by atoms with van der Waals surface area (Å²) in [6.45, 7) is 0. The Morgan fingerprint density at radius 3 is 2.56 bits per heavy atom. The summed E-state index contributed by atoms with van der Waals surface area (Å²) in [5.41, 5.74) is -0.222. The second kappa shape index (κ2) is 6.63. The number of rotatable bonds is 4. The lowest BCUT2D eigenvalue weighted by Crippen LogP contribution is -2.04. The summed E-state index contributed by atoms with van der Waals surface area (Å²) < 4.78 is 38.8. The zero-order chi connectivity index (χ0) is 19.8. The fourth-order valence-corrected chi connectivity index (χ4v) is 2.57. The van der Waals surface area contributed by atoms with E-state index in [4.69, 9.17) is 0 Å². The second-order valence-electron chi connectivity index (χ2n) is 5.60. The molecule has 27 heavy (non-hydrogen) atoms. The normalized spacial score (nSPS) is 11.4. The van der Waals surface area contributed by atoms with E-state index in [-0.39, 0.29) is 28.5 Å². The molecule has 0 saturated heterocycles. The predicted octanol–water partition coefficient (Wildman–Crippen LogP) is 4.42. The summed E-state index contributed by atoms with van der Waals surface area (Å²) in [7, 11) is 1.62. The highest BCUT2D eigenvalue weighted by atomic mass is 19.4. The lowest BCUT2D eigenvalue weighted by atomic mass is 10.1. The van der Waals surface area contributed by atoms with E-state index in [1.165, 1.54) is 24.4 Å². The Bertz CT molecular complexity index is 1010. The number of hydrogen-bond donors (Lipinski definition) is 3. The van der Waals surface area contributed by atoms with Crippen molar-refractivity contribution in [2.45, 2.75) is 6.18 Å². The Labute approximate surface area is 150 Å². The molecule has 1 heterocycles. The van der Waals surface area contributed by atoms with Crippen LogP contribution >= 0.6 is 0 Å². The number of imidazole rings is 1. The lowest BCUT2D eigenvalue weighted by molar-refractivity contribution is -0.384. The van der Waals surface area contributed by atoms with Crippen molar-refractivity contribution in [1.29, 1.82) is 0 Å². The number of alkyl halides is 3. The average molecular weight is 378 g/mol. The summed E-state index contributed by atoms with van der Waals surface area (Å²) in [4.78, 5) is 17.4. The van der Waals surface area contributed by atoms with Gasteiger partial charge in [0.25, 0.3) is 5.69 Å². The number of nitrogens with zero attached hydrogens (tertiary/aromatic N) is 2. The molecular weight excluding hydrogens is 365 g/mol. The lowest BCUT2D eigenvalue weighted by Gasteiger charge is -2.09. The van der Waals surface area contributed by atoms with E-state index in [2.05, 4.69) is 15.3 Å². The molecule has 7 nitrogen and oxygen atoms in total. The first-order valence-electron chi connectivity index (χ1n) is 7.63. The highest BCUT2D eigenvalue weighted by molar-refractivity contribution is 5.78. The average Bonchev–Trinajstić information content (AvgIpc) is 3.10. The van der Waals surface area contributed by atoms with Crippen LogP contribution in [0.1, 0.15) is 5.56 Å². The Morgan fingerprint density at radius 2 is 1.93 bits per heavy atom. The van der Waals surface area contributed by atoms with Gasteiger partial charge in [-0.1, -0.05) is 0 Å². The Kier molecular flexibility index (Phi) is 4.48. The van der Waals surface area contributed by atoms with E-state index < -0.39 is 16.7 Å². The SMILES string of the molecule is CNc1ccc([N+](=O)[O-])cc1-c1nc(-c2cc(C(F)(F)F)ccc2O)c[nH]1. The van der Waals surface area contributed by atoms with E-state index >= 15 is 0 Å². The van der Waals surface area contributed by atoms with Crippen molar-refractivity contribution in [3.05, 3.63) is 58.3 Å². The molecule has 0 aliphatic heterocycles. The van der Waals surface area contributed by atoms with Gasteiger partial charge in [0, 0.05) is 42.2 Å². The number of nitro benzene ring substituents is 1. The zero-order valence-corrected chi connectivity index (χ0v) is 13.8. The molecule has 0 unspecified atom stereocenters. The molecule has 0 aliphatic carbocycles. The number of nitrogens with one attached hydrogen (secondary N) is 2. The molecule has 0 aliphatic rings. The third-order valence-corrected chi connectivity index (χ3v) is 3.92. The van der Waals surface area contributed by atoms with E-state index in [0.717, 1.165) is 18.2 Å². The van der Waals surface area contributed by atoms with Crippen LogP contribution in [0.2, 0.25) is 0 Å². The smallest absolute Gasteiger partial charge is 0.416 e. The number of anilines is 1. The molecule has 0 radical (unpaired) electrons. The van der Waals surface area contributed by atoms with Gasteiger partial charge in [-0.2, -0.15) is 13.2 Å². The van der Waals surface area contributed by atoms with E-state index in [0.29, 0.717) is 11.3 Å². The molecule has 0 atom stereocenters. The molecule has 10 heteroatoms. The number of aromatic amines is 1. The van der Waals surface area contributed by atoms with Crippen LogP contribution in [-0.4, -0.2) is 27.0 Å². The van der Waals surface area contributed by atoms with Crippen molar-refractivity contribution < 1.29 is 23.2 Å². The molecule has 3 N–H and O–H groups in total. The number of hydrogen-bond acceptors (Lipinski definition) is 5. The van der Waals surface area contributed by atoms with Crippen molar-refractivity contribution in [3.8, 4) is 28.4 Å². The van der Waals surface area contributed by atoms with Gasteiger partial charge in [-0.25, -0.2) is 4.98 Å². The first-order chi connectivity index (χ1) is 12.7. The minimum Gasteiger partial charge on any atom is -0.507 e. The second-order valence-corrected chi connectivity index (χ2v) is 5.60. The number of phenols is 1. The molecule has 1 aromatic heterocycles. The molecular formula is C17H13F3N4O3. The van der Waals surface area contributed by atoms with Crippen molar-refractivity contribution in [2.75, 3.05) is 12.4 Å². The molecule has 2 aromatic carbocycles. The maximum absolute atomic E-state index is 12.9. The third-order valence-electron chi connectivity index (χ3n) is 3.92. The quantitative estimate of drug-likeness (QED) is 0.461. The van der Waals surface area contributed by atoms with Crippen molar-refractivity contribution in [2.24, 2.45) is 0 Å². The van der Waals surface area contributed by atoms with Gasteiger partial charge >= 0.3 is 6.18 Å². The molecule has 0 saturated carbocycles. The molecule has 0 spiro atoms. The summed E-state index contributed by atoms with van der Waals surface area (Å²) in [6, 6.07) is 6.61. The minimum absolute atomic E-state index is 0.0714. The molecule has 3 rings (SSSR count). The van der Waals surface area contributed by atoms with Crippen LogP contribution in [0.5, 0.6) is 5.75 Å². The molecule has 0 amide bonds. The Balaban J connectivity index is 2.09. The monoisotopic (exact) mass is 378 g/mol. The number of nitro groups is 1. The van der Waals surface area contributed by atoms with Gasteiger partial charge in [0.2, 0.25) is 0 Å². The predicted molar refractivity (Wildman–Crippen MR) is 92.3 cm³/mol. The zero-order valence-electron chi connectivity index (χ0n) is 13.8. The largest absolute Gasteiger partial charge is 0.507 e. The maximum Gasteiger partial charge on any atom is 0.416 e. The number of phenolic OH excluding ortho intramolecular Hbond substituents is 1. The highest BCUT2D eigenvalue weighted by Crippen LogP contribution is 2.37. The first-order valence-corrected chi connectivity index (χ1v) is 7.63. The van der Waals surface area contributed by atoms with Crippen LogP contribution in [-0.2, 0) is 6.18 Å². The molecule has 0 fully saturated rings. The highest BCUT2D eigenvalue weighted by Gasteiger charge is 2.31. The van der Waals surface area contributed by atoms with Gasteiger partial charge in [-0.3, -0.25) is 10.1 Å². The summed E-state index contributed by atoms with van der Waals surface area (Å²) in [5, 5.41) is 23.8. The number of aromatic hydroxyl groups is 1. The van der Waals surface area contributed by atoms with E-state index in [1.807, 2.05) is 0 Å². The number of H-pyrrole nitrogens is 1. The van der Waals surface area contributed by atoms with Crippen LogP contribution in [0.3, 0.4) is 0 Å². The van der Waals surface area contributed by atoms with Crippen LogP contribution in [0.4, 0.5) is 24.5 Å². The molecule has 3 aromatic rings. The van der Waals surface area contributed by atoms with Crippen LogP contribution in [0.25, 0.3) is 22.6 Å². The van der Waals surface area contributed by atoms with Crippen LogP contribution in [0, 0.1) is 10.1 Å². The fraction of sp³-hybridized carbons (Fsp3) is 0.118. The van der Waals surface area contributed by atoms with Crippen LogP contribution in [0.15, 0.2) is 42.6 Å². The van der Waals surface area contributed by atoms with Gasteiger partial charge in [-0.15, -0.1) is 0 Å². The van der Waals surface area contributed by atoms with Crippen molar-refractivity contribution in [1.82, 2.24) is 9.97 Å². The van der Waals surface area contributed by atoms with Gasteiger partial charge < -0.3 is 15.4 Å². The van der Waals surface area contributed by atoms with Gasteiger partial charge in [0.15, 0.2) is 0 Å². The van der Waals surface area contributed by atoms with Crippen LogP contribution < -0.4 is 5.32 Å². The van der Waals surface area contributed by atoms with Crippen molar-refractivity contribution in [3.63, 3.8) is 0 Å². The molecule has 0 bridgehead atoms. The number of non-ortho nitro benzene ring substituents is 1. The van der Waals surface area contributed by atoms with Gasteiger partial charge in [0.05, 0.1) is 16.2 Å². The third kappa shape index (κ3) is 3.54. The summed E-state index contributed by atoms with van der Waals surface area (Å²) in [6.07, 6.45) is -3.25.